The quantitative estimate of drug-likeness (QED) is 0.312. The second kappa shape index (κ2) is 12.2. The van der Waals surface area contributed by atoms with Crippen LogP contribution in [-0.4, -0.2) is 67.3 Å². The Hall–Kier alpha value is -3.04. The number of aromatic nitrogens is 1. The van der Waals surface area contributed by atoms with Crippen LogP contribution in [0.3, 0.4) is 0 Å². The maximum Gasteiger partial charge on any atom is 0.416 e. The number of nitrogens with zero attached hydrogens (tertiary/aromatic N) is 3. The van der Waals surface area contributed by atoms with Gasteiger partial charge in [-0.15, -0.1) is 0 Å². The van der Waals surface area contributed by atoms with Gasteiger partial charge < -0.3 is 19.1 Å². The zero-order valence-corrected chi connectivity index (χ0v) is 22.5. The summed E-state index contributed by atoms with van der Waals surface area (Å²) in [6, 6.07) is 11.2. The van der Waals surface area contributed by atoms with Crippen LogP contribution >= 0.6 is 0 Å². The van der Waals surface area contributed by atoms with Crippen LogP contribution in [0, 0.1) is 0 Å². The van der Waals surface area contributed by atoms with E-state index in [1.165, 1.54) is 12.1 Å². The molecule has 2 heterocycles. The van der Waals surface area contributed by atoms with Gasteiger partial charge in [-0.1, -0.05) is 25.1 Å². The molecule has 1 fully saturated rings. The topological polar surface area (TPSA) is 47.1 Å². The number of halogens is 3. The number of hydrogen-bond acceptors (Lipinski definition) is 6. The first-order valence-electron chi connectivity index (χ1n) is 13.3. The second-order valence-electron chi connectivity index (χ2n) is 9.14. The molecule has 1 saturated heterocycles. The van der Waals surface area contributed by atoms with Crippen LogP contribution in [0.4, 0.5) is 13.2 Å². The molecule has 6 nitrogen and oxygen atoms in total. The van der Waals surface area contributed by atoms with Crippen molar-refractivity contribution in [2.75, 3.05) is 52.5 Å². The van der Waals surface area contributed by atoms with Gasteiger partial charge in [0, 0.05) is 31.6 Å². The molecule has 3 aromatic rings. The molecule has 0 spiro atoms. The maximum absolute atomic E-state index is 13.3. The van der Waals surface area contributed by atoms with E-state index >= 15 is 0 Å². The van der Waals surface area contributed by atoms with Gasteiger partial charge in [-0.05, 0) is 62.7 Å². The van der Waals surface area contributed by atoms with E-state index < -0.39 is 11.7 Å². The molecule has 1 aliphatic rings. The summed E-state index contributed by atoms with van der Waals surface area (Å²) < 4.78 is 57.5. The fourth-order valence-electron chi connectivity index (χ4n) is 4.98. The molecule has 9 heteroatoms. The monoisotopic (exact) mass is 531 g/mol. The Kier molecular flexibility index (Phi) is 8.99. The first-order chi connectivity index (χ1) is 18.3. The lowest BCUT2D eigenvalue weighted by Gasteiger charge is -2.39. The molecule has 1 atom stereocenters. The van der Waals surface area contributed by atoms with Crippen molar-refractivity contribution in [3.05, 3.63) is 59.2 Å². The van der Waals surface area contributed by atoms with E-state index in [4.69, 9.17) is 19.2 Å². The van der Waals surface area contributed by atoms with Crippen LogP contribution in [0.15, 0.2) is 42.5 Å². The number of rotatable bonds is 10. The molecular weight excluding hydrogens is 495 g/mol. The minimum atomic E-state index is -4.38. The van der Waals surface area contributed by atoms with E-state index in [-0.39, 0.29) is 6.04 Å². The predicted octanol–water partition coefficient (Wildman–Crippen LogP) is 6.18. The molecule has 0 N–H and O–H groups in total. The lowest BCUT2D eigenvalue weighted by molar-refractivity contribution is -0.137. The number of likely N-dealkylation sites (N-methyl/N-ethyl adjacent to an activating group) is 1. The fraction of sp³-hybridized carbons (Fsp3) is 0.483. The number of benzene rings is 2. The van der Waals surface area contributed by atoms with E-state index in [0.717, 1.165) is 49.2 Å². The second-order valence-corrected chi connectivity index (χ2v) is 9.14. The number of piperazine rings is 1. The van der Waals surface area contributed by atoms with Crippen LogP contribution in [0.2, 0.25) is 0 Å². The van der Waals surface area contributed by atoms with Gasteiger partial charge in [0.2, 0.25) is 5.75 Å². The van der Waals surface area contributed by atoms with Crippen molar-refractivity contribution in [1.29, 1.82) is 0 Å². The average molecular weight is 532 g/mol. The third kappa shape index (κ3) is 5.99. The normalized spacial score (nSPS) is 16.0. The summed E-state index contributed by atoms with van der Waals surface area (Å²) >= 11 is 0. The van der Waals surface area contributed by atoms with Crippen molar-refractivity contribution in [3.8, 4) is 17.4 Å². The third-order valence-corrected chi connectivity index (χ3v) is 6.84. The van der Waals surface area contributed by atoms with Gasteiger partial charge in [-0.2, -0.15) is 13.2 Å². The minimum absolute atomic E-state index is 0.222. The summed E-state index contributed by atoms with van der Waals surface area (Å²) in [7, 11) is 0. The Morgan fingerprint density at radius 2 is 1.39 bits per heavy atom. The molecular formula is C29H36F3N3O3. The van der Waals surface area contributed by atoms with Gasteiger partial charge in [0.05, 0.1) is 36.9 Å². The molecule has 38 heavy (non-hydrogen) atoms. The molecule has 206 valence electrons. The maximum atomic E-state index is 13.3. The van der Waals surface area contributed by atoms with Gasteiger partial charge >= 0.3 is 6.18 Å². The Bertz CT molecular complexity index is 1210. The minimum Gasteiger partial charge on any atom is -0.489 e. The standard InChI is InChI=1S/C29H36F3N3O3/c1-5-34-15-17-35(18-16-34)25(20-9-12-22(13-10-20)29(30,31)32)21-11-14-23-24(19-21)33-28(38-8-4)27(37-7-3)26(23)36-6-2/h9-14,19,25H,5-8,15-18H2,1-4H3. The van der Waals surface area contributed by atoms with E-state index in [9.17, 15) is 13.2 Å². The number of ether oxygens (including phenoxy) is 3. The smallest absolute Gasteiger partial charge is 0.416 e. The molecule has 0 aliphatic carbocycles. The Balaban J connectivity index is 1.83. The van der Waals surface area contributed by atoms with Crippen LogP contribution in [0.1, 0.15) is 50.4 Å². The Labute approximate surface area is 222 Å². The highest BCUT2D eigenvalue weighted by Crippen LogP contribution is 2.43. The van der Waals surface area contributed by atoms with Gasteiger partial charge in [-0.3, -0.25) is 4.90 Å². The van der Waals surface area contributed by atoms with Gasteiger partial charge in [0.1, 0.15) is 0 Å². The molecule has 0 radical (unpaired) electrons. The number of alkyl halides is 3. The zero-order chi connectivity index (χ0) is 27.3. The largest absolute Gasteiger partial charge is 0.489 e. The highest BCUT2D eigenvalue weighted by molar-refractivity contribution is 5.89. The predicted molar refractivity (Wildman–Crippen MR) is 142 cm³/mol. The van der Waals surface area contributed by atoms with Crippen LogP contribution in [0.25, 0.3) is 10.9 Å². The van der Waals surface area contributed by atoms with Crippen LogP contribution in [0.5, 0.6) is 17.4 Å². The summed E-state index contributed by atoms with van der Waals surface area (Å²) in [6.45, 7) is 13.5. The summed E-state index contributed by atoms with van der Waals surface area (Å²) in [4.78, 5) is 9.48. The van der Waals surface area contributed by atoms with Crippen molar-refractivity contribution < 1.29 is 27.4 Å². The highest BCUT2D eigenvalue weighted by atomic mass is 19.4. The highest BCUT2D eigenvalue weighted by Gasteiger charge is 2.32. The Morgan fingerprint density at radius 3 is 1.97 bits per heavy atom. The number of hydrogen-bond donors (Lipinski definition) is 0. The third-order valence-electron chi connectivity index (χ3n) is 6.84. The molecule has 0 bridgehead atoms. The van der Waals surface area contributed by atoms with E-state index in [1.54, 1.807) is 12.1 Å². The Morgan fingerprint density at radius 1 is 0.789 bits per heavy atom. The first kappa shape index (κ1) is 28.0. The summed E-state index contributed by atoms with van der Waals surface area (Å²) in [5.41, 5.74) is 1.79. The van der Waals surface area contributed by atoms with Gasteiger partial charge in [0.15, 0.2) is 5.75 Å². The van der Waals surface area contributed by atoms with E-state index in [0.29, 0.717) is 42.7 Å². The molecule has 4 rings (SSSR count). The molecule has 0 saturated carbocycles. The molecule has 0 amide bonds. The van der Waals surface area contributed by atoms with Crippen molar-refractivity contribution in [3.63, 3.8) is 0 Å². The lowest BCUT2D eigenvalue weighted by Crippen LogP contribution is -2.47. The number of pyridine rings is 1. The molecule has 1 aromatic heterocycles. The van der Waals surface area contributed by atoms with E-state index in [1.807, 2.05) is 39.0 Å². The van der Waals surface area contributed by atoms with Crippen molar-refractivity contribution in [2.24, 2.45) is 0 Å². The summed E-state index contributed by atoms with van der Waals surface area (Å²) in [6.07, 6.45) is -4.38. The first-order valence-corrected chi connectivity index (χ1v) is 13.3. The zero-order valence-electron chi connectivity index (χ0n) is 22.5. The van der Waals surface area contributed by atoms with Gasteiger partial charge in [-0.25, -0.2) is 4.98 Å². The molecule has 1 unspecified atom stereocenters. The van der Waals surface area contributed by atoms with Crippen LogP contribution in [-0.2, 0) is 6.18 Å². The van der Waals surface area contributed by atoms with Gasteiger partial charge in [0.25, 0.3) is 5.88 Å². The lowest BCUT2D eigenvalue weighted by atomic mass is 9.94. The molecule has 1 aliphatic heterocycles. The molecule has 2 aromatic carbocycles. The summed E-state index contributed by atoms with van der Waals surface area (Å²) in [5, 5.41) is 0.796. The van der Waals surface area contributed by atoms with E-state index in [2.05, 4.69) is 16.7 Å². The summed E-state index contributed by atoms with van der Waals surface area (Å²) in [5.74, 6) is 1.42. The van der Waals surface area contributed by atoms with Crippen molar-refractivity contribution >= 4 is 10.9 Å². The van der Waals surface area contributed by atoms with Crippen molar-refractivity contribution in [2.45, 2.75) is 39.9 Å². The SMILES string of the molecule is CCOc1nc2cc(C(c3ccc(C(F)(F)F)cc3)N3CCN(CC)CC3)ccc2c(OCC)c1OCC. The fourth-order valence-corrected chi connectivity index (χ4v) is 4.98. The van der Waals surface area contributed by atoms with Crippen molar-refractivity contribution in [1.82, 2.24) is 14.8 Å². The average Bonchev–Trinajstić information content (AvgIpc) is 2.91. The number of fused-ring (bicyclic) bond motifs is 1. The van der Waals surface area contributed by atoms with Crippen LogP contribution < -0.4 is 14.2 Å².